The minimum Gasteiger partial charge on any atom is -0.476 e. The summed E-state index contributed by atoms with van der Waals surface area (Å²) >= 11 is 0. The van der Waals surface area contributed by atoms with Crippen LogP contribution in [0.5, 0.6) is 17.2 Å². The summed E-state index contributed by atoms with van der Waals surface area (Å²) in [6.45, 7) is -0.129. The number of benzene rings is 1. The van der Waals surface area contributed by atoms with Gasteiger partial charge in [-0.1, -0.05) is 0 Å². The molecule has 2 aromatic rings. The van der Waals surface area contributed by atoms with Crippen molar-refractivity contribution in [3.8, 4) is 17.2 Å². The van der Waals surface area contributed by atoms with E-state index < -0.39 is 5.82 Å². The first-order chi connectivity index (χ1) is 10.2. The number of nitrogens with one attached hydrogen (secondary N) is 2. The number of carbonyl (C=O) groups excluding carboxylic acids is 1. The van der Waals surface area contributed by atoms with E-state index in [1.54, 1.807) is 19.2 Å². The van der Waals surface area contributed by atoms with E-state index in [0.29, 0.717) is 5.69 Å². The van der Waals surface area contributed by atoms with Crippen molar-refractivity contribution in [3.63, 3.8) is 0 Å². The van der Waals surface area contributed by atoms with Gasteiger partial charge >= 0.3 is 0 Å². The molecule has 6 nitrogen and oxygen atoms in total. The standard InChI is InChI=1S/C14H12FN3O3/c1-16-8-2-3-10(9(15)6-8)21-11-4-5-17-14-13(11)20-7-12(19)18-14/h2-6,16H,7H2,1H3,(H,17,18,19). The average Bonchev–Trinajstić information content (AvgIpc) is 2.49. The highest BCUT2D eigenvalue weighted by molar-refractivity contribution is 5.94. The van der Waals surface area contributed by atoms with Gasteiger partial charge in [0.25, 0.3) is 5.91 Å². The number of carbonyl (C=O) groups is 1. The Morgan fingerprint density at radius 1 is 1.38 bits per heavy atom. The highest BCUT2D eigenvalue weighted by atomic mass is 19.1. The molecule has 0 bridgehead atoms. The molecule has 108 valence electrons. The first kappa shape index (κ1) is 13.2. The molecule has 0 atom stereocenters. The lowest BCUT2D eigenvalue weighted by Gasteiger charge is -2.19. The van der Waals surface area contributed by atoms with Crippen molar-refractivity contribution in [3.05, 3.63) is 36.3 Å². The Bertz CT molecular complexity index is 706. The molecule has 1 aromatic carbocycles. The van der Waals surface area contributed by atoms with Gasteiger partial charge < -0.3 is 20.1 Å². The summed E-state index contributed by atoms with van der Waals surface area (Å²) in [7, 11) is 1.70. The van der Waals surface area contributed by atoms with Crippen LogP contribution in [0.3, 0.4) is 0 Å². The van der Waals surface area contributed by atoms with Crippen LogP contribution >= 0.6 is 0 Å². The van der Waals surface area contributed by atoms with E-state index in [4.69, 9.17) is 9.47 Å². The summed E-state index contributed by atoms with van der Waals surface area (Å²) in [5, 5.41) is 5.40. The number of pyridine rings is 1. The van der Waals surface area contributed by atoms with Crippen LogP contribution < -0.4 is 20.1 Å². The third kappa shape index (κ3) is 2.58. The van der Waals surface area contributed by atoms with E-state index in [9.17, 15) is 9.18 Å². The molecule has 1 aliphatic rings. The van der Waals surface area contributed by atoms with E-state index in [1.807, 2.05) is 0 Å². The van der Waals surface area contributed by atoms with Crippen molar-refractivity contribution < 1.29 is 18.7 Å². The molecule has 3 rings (SSSR count). The third-order valence-electron chi connectivity index (χ3n) is 2.91. The number of aromatic nitrogens is 1. The van der Waals surface area contributed by atoms with Crippen LogP contribution in [0.4, 0.5) is 15.9 Å². The molecule has 2 N–H and O–H groups in total. The summed E-state index contributed by atoms with van der Waals surface area (Å²) < 4.78 is 24.7. The fourth-order valence-corrected chi connectivity index (χ4v) is 1.90. The van der Waals surface area contributed by atoms with Gasteiger partial charge in [0.2, 0.25) is 5.75 Å². The first-order valence-electron chi connectivity index (χ1n) is 6.24. The molecule has 1 amide bonds. The molecule has 2 heterocycles. The highest BCUT2D eigenvalue weighted by Gasteiger charge is 2.22. The Hall–Kier alpha value is -2.83. The molecule has 1 aromatic heterocycles. The fourth-order valence-electron chi connectivity index (χ4n) is 1.90. The second kappa shape index (κ2) is 5.28. The van der Waals surface area contributed by atoms with E-state index in [-0.39, 0.29) is 35.6 Å². The van der Waals surface area contributed by atoms with Gasteiger partial charge in [0, 0.05) is 31.1 Å². The van der Waals surface area contributed by atoms with Crippen molar-refractivity contribution in [1.29, 1.82) is 0 Å². The SMILES string of the molecule is CNc1ccc(Oc2ccnc3c2OCC(=O)N3)c(F)c1. The predicted molar refractivity (Wildman–Crippen MR) is 74.4 cm³/mol. The second-order valence-electron chi connectivity index (χ2n) is 4.32. The van der Waals surface area contributed by atoms with Gasteiger partial charge in [-0.2, -0.15) is 0 Å². The van der Waals surface area contributed by atoms with Crippen LogP contribution in [-0.4, -0.2) is 24.5 Å². The summed E-state index contributed by atoms with van der Waals surface area (Å²) in [5.74, 6) is 0.0909. The number of anilines is 2. The minimum absolute atomic E-state index is 0.0582. The number of rotatable bonds is 3. The van der Waals surface area contributed by atoms with E-state index in [2.05, 4.69) is 15.6 Å². The Kier molecular flexibility index (Phi) is 3.31. The van der Waals surface area contributed by atoms with Gasteiger partial charge in [-0.15, -0.1) is 0 Å². The summed E-state index contributed by atoms with van der Waals surface area (Å²) in [4.78, 5) is 15.2. The average molecular weight is 289 g/mol. The van der Waals surface area contributed by atoms with Gasteiger partial charge in [-0.05, 0) is 12.1 Å². The topological polar surface area (TPSA) is 72.5 Å². The van der Waals surface area contributed by atoms with Crippen molar-refractivity contribution in [2.75, 3.05) is 24.3 Å². The van der Waals surface area contributed by atoms with Gasteiger partial charge in [0.15, 0.2) is 29.7 Å². The zero-order valence-corrected chi connectivity index (χ0v) is 11.1. The van der Waals surface area contributed by atoms with Gasteiger partial charge in [0.1, 0.15) is 0 Å². The number of hydrogen-bond donors (Lipinski definition) is 2. The Balaban J connectivity index is 1.92. The van der Waals surface area contributed by atoms with Gasteiger partial charge in [-0.3, -0.25) is 4.79 Å². The van der Waals surface area contributed by atoms with Crippen LogP contribution in [0.15, 0.2) is 30.5 Å². The molecule has 0 radical (unpaired) electrons. The van der Waals surface area contributed by atoms with Crippen molar-refractivity contribution in [1.82, 2.24) is 4.98 Å². The molecule has 0 fully saturated rings. The Morgan fingerprint density at radius 3 is 3.00 bits per heavy atom. The molecule has 0 unspecified atom stereocenters. The highest BCUT2D eigenvalue weighted by Crippen LogP contribution is 2.38. The summed E-state index contributed by atoms with van der Waals surface area (Å²) in [6.07, 6.45) is 1.45. The van der Waals surface area contributed by atoms with Gasteiger partial charge in [-0.25, -0.2) is 9.37 Å². The fraction of sp³-hybridized carbons (Fsp3) is 0.143. The predicted octanol–water partition coefficient (Wildman–Crippen LogP) is 2.39. The van der Waals surface area contributed by atoms with Crippen molar-refractivity contribution in [2.24, 2.45) is 0 Å². The molecule has 7 heteroatoms. The number of amides is 1. The maximum atomic E-state index is 13.9. The second-order valence-corrected chi connectivity index (χ2v) is 4.32. The molecule has 1 aliphatic heterocycles. The Morgan fingerprint density at radius 2 is 2.24 bits per heavy atom. The zero-order valence-electron chi connectivity index (χ0n) is 11.1. The zero-order chi connectivity index (χ0) is 14.8. The monoisotopic (exact) mass is 289 g/mol. The third-order valence-corrected chi connectivity index (χ3v) is 2.91. The lowest BCUT2D eigenvalue weighted by atomic mass is 10.3. The molecule has 0 saturated heterocycles. The largest absolute Gasteiger partial charge is 0.476 e. The maximum Gasteiger partial charge on any atom is 0.263 e. The summed E-state index contributed by atoms with van der Waals surface area (Å²) in [6, 6.07) is 6.07. The van der Waals surface area contributed by atoms with E-state index in [0.717, 1.165) is 0 Å². The van der Waals surface area contributed by atoms with Crippen LogP contribution in [-0.2, 0) is 4.79 Å². The number of halogens is 1. The van der Waals surface area contributed by atoms with E-state index in [1.165, 1.54) is 18.3 Å². The molecule has 0 spiro atoms. The Labute approximate surface area is 119 Å². The van der Waals surface area contributed by atoms with Crippen molar-refractivity contribution in [2.45, 2.75) is 0 Å². The molecular formula is C14H12FN3O3. The number of fused-ring (bicyclic) bond motifs is 1. The number of ether oxygens (including phenoxy) is 2. The molecule has 21 heavy (non-hydrogen) atoms. The maximum absolute atomic E-state index is 13.9. The minimum atomic E-state index is -0.507. The smallest absolute Gasteiger partial charge is 0.263 e. The summed E-state index contributed by atoms with van der Waals surface area (Å²) in [5.41, 5.74) is 0.639. The molecular weight excluding hydrogens is 277 g/mol. The van der Waals surface area contributed by atoms with Crippen molar-refractivity contribution >= 4 is 17.4 Å². The van der Waals surface area contributed by atoms with Crippen LogP contribution in [0.1, 0.15) is 0 Å². The van der Waals surface area contributed by atoms with Crippen LogP contribution in [0, 0.1) is 5.82 Å². The number of nitrogens with zero attached hydrogens (tertiary/aromatic N) is 1. The number of hydrogen-bond acceptors (Lipinski definition) is 5. The van der Waals surface area contributed by atoms with Gasteiger partial charge in [0.05, 0.1) is 0 Å². The molecule has 0 saturated carbocycles. The lowest BCUT2D eigenvalue weighted by Crippen LogP contribution is -2.26. The van der Waals surface area contributed by atoms with E-state index >= 15 is 0 Å². The normalized spacial score (nSPS) is 13.0. The van der Waals surface area contributed by atoms with Crippen LogP contribution in [0.2, 0.25) is 0 Å². The lowest BCUT2D eigenvalue weighted by molar-refractivity contribution is -0.118. The van der Waals surface area contributed by atoms with Crippen LogP contribution in [0.25, 0.3) is 0 Å². The quantitative estimate of drug-likeness (QED) is 0.907. The molecule has 0 aliphatic carbocycles. The first-order valence-corrected chi connectivity index (χ1v) is 6.24.